The lowest BCUT2D eigenvalue weighted by atomic mass is 9.98. The number of hydrogen-bond donors (Lipinski definition) is 1. The molecule has 5 rings (SSSR count). The number of hydrogen-bond acceptors (Lipinski definition) is 5. The number of carbonyl (C=O) groups is 2. The van der Waals surface area contributed by atoms with Gasteiger partial charge in [0.05, 0.1) is 22.5 Å². The molecule has 0 fully saturated rings. The Hall–Kier alpha value is -3.49. The van der Waals surface area contributed by atoms with E-state index < -0.39 is 5.25 Å². The van der Waals surface area contributed by atoms with E-state index in [2.05, 4.69) is 10.3 Å². The van der Waals surface area contributed by atoms with Crippen molar-refractivity contribution in [3.8, 4) is 0 Å². The van der Waals surface area contributed by atoms with Gasteiger partial charge in [-0.15, -0.1) is 0 Å². The standard InChI is InChI=1S/C27H22ClFN4O2S/c1-16-6-8-17(9-7-16)22-14-23(18-10-12-19(29)13-11-18)33(32-22)27-31-26(35)24(36-27)15-25(34)30-21-5-3-2-4-20(21)28/h2-13,23-24H,14-15H2,1H3,(H,30,34)/t23-,24+/m1/s1. The number of rotatable bonds is 5. The number of benzene rings is 3. The zero-order chi connectivity index (χ0) is 25.2. The van der Waals surface area contributed by atoms with Gasteiger partial charge >= 0.3 is 0 Å². The lowest BCUT2D eigenvalue weighted by Crippen LogP contribution is -2.25. The molecule has 0 saturated carbocycles. The molecule has 6 nitrogen and oxygen atoms in total. The molecule has 0 radical (unpaired) electrons. The summed E-state index contributed by atoms with van der Waals surface area (Å²) in [4.78, 5) is 29.6. The highest BCUT2D eigenvalue weighted by molar-refractivity contribution is 8.15. The minimum absolute atomic E-state index is 0.0503. The molecule has 182 valence electrons. The molecule has 2 heterocycles. The molecule has 2 aliphatic rings. The largest absolute Gasteiger partial charge is 0.325 e. The summed E-state index contributed by atoms with van der Waals surface area (Å²) in [5, 5.41) is 9.46. The van der Waals surface area contributed by atoms with Gasteiger partial charge in [-0.1, -0.05) is 77.5 Å². The molecule has 0 spiro atoms. The molecule has 2 aliphatic heterocycles. The normalized spacial score (nSPS) is 19.3. The molecule has 0 saturated heterocycles. The van der Waals surface area contributed by atoms with E-state index in [0.29, 0.717) is 22.3 Å². The van der Waals surface area contributed by atoms with Gasteiger partial charge in [-0.3, -0.25) is 9.59 Å². The highest BCUT2D eigenvalue weighted by Gasteiger charge is 2.39. The molecule has 1 N–H and O–H groups in total. The van der Waals surface area contributed by atoms with Gasteiger partial charge in [-0.05, 0) is 42.3 Å². The predicted octanol–water partition coefficient (Wildman–Crippen LogP) is 5.97. The van der Waals surface area contributed by atoms with E-state index in [1.54, 1.807) is 41.4 Å². The number of hydrazone groups is 1. The number of nitrogens with zero attached hydrogens (tertiary/aromatic N) is 3. The minimum atomic E-state index is -0.671. The number of carbonyl (C=O) groups excluding carboxylic acids is 2. The Kier molecular flexibility index (Phi) is 6.89. The second-order valence-corrected chi connectivity index (χ2v) is 10.2. The van der Waals surface area contributed by atoms with E-state index >= 15 is 0 Å². The predicted molar refractivity (Wildman–Crippen MR) is 142 cm³/mol. The zero-order valence-electron chi connectivity index (χ0n) is 19.3. The summed E-state index contributed by atoms with van der Waals surface area (Å²) >= 11 is 7.34. The van der Waals surface area contributed by atoms with Gasteiger partial charge in [0.2, 0.25) is 5.91 Å². The maximum atomic E-state index is 13.6. The molecule has 0 unspecified atom stereocenters. The lowest BCUT2D eigenvalue weighted by Gasteiger charge is -2.23. The van der Waals surface area contributed by atoms with Gasteiger partial charge in [-0.25, -0.2) is 9.40 Å². The zero-order valence-corrected chi connectivity index (χ0v) is 20.9. The summed E-state index contributed by atoms with van der Waals surface area (Å²) in [5.74, 6) is -1.04. The molecule has 0 aliphatic carbocycles. The van der Waals surface area contributed by atoms with Crippen molar-refractivity contribution in [1.29, 1.82) is 0 Å². The second-order valence-electron chi connectivity index (χ2n) is 8.60. The van der Waals surface area contributed by atoms with Crippen LogP contribution in [0.5, 0.6) is 0 Å². The van der Waals surface area contributed by atoms with Gasteiger partial charge in [0.25, 0.3) is 5.91 Å². The SMILES string of the molecule is Cc1ccc(C2=NN(C3=NC(=O)[C@H](CC(=O)Nc4ccccc4Cl)S3)[C@@H](c3ccc(F)cc3)C2)cc1. The fourth-order valence-electron chi connectivity index (χ4n) is 4.09. The van der Waals surface area contributed by atoms with E-state index in [4.69, 9.17) is 16.7 Å². The van der Waals surface area contributed by atoms with Crippen LogP contribution in [0.4, 0.5) is 10.1 Å². The number of amidine groups is 1. The Morgan fingerprint density at radius 3 is 2.56 bits per heavy atom. The Balaban J connectivity index is 1.36. The van der Waals surface area contributed by atoms with Crippen molar-refractivity contribution in [2.75, 3.05) is 5.32 Å². The van der Waals surface area contributed by atoms with Crippen LogP contribution in [0.3, 0.4) is 0 Å². The monoisotopic (exact) mass is 520 g/mol. The molecular formula is C27H22ClFN4O2S. The number of thioether (sulfide) groups is 1. The third-order valence-corrected chi connectivity index (χ3v) is 7.47. The van der Waals surface area contributed by atoms with Crippen molar-refractivity contribution in [1.82, 2.24) is 5.01 Å². The van der Waals surface area contributed by atoms with Crippen LogP contribution < -0.4 is 5.32 Å². The fraction of sp³-hybridized carbons (Fsp3) is 0.185. The van der Waals surface area contributed by atoms with Gasteiger partial charge in [-0.2, -0.15) is 10.1 Å². The first-order valence-electron chi connectivity index (χ1n) is 11.4. The van der Waals surface area contributed by atoms with Crippen molar-refractivity contribution in [2.24, 2.45) is 10.1 Å². The smallest absolute Gasteiger partial charge is 0.262 e. The van der Waals surface area contributed by atoms with Crippen LogP contribution in [0.2, 0.25) is 5.02 Å². The molecule has 2 atom stereocenters. The Bertz CT molecular complexity index is 1380. The third kappa shape index (κ3) is 5.20. The van der Waals surface area contributed by atoms with Crippen molar-refractivity contribution < 1.29 is 14.0 Å². The van der Waals surface area contributed by atoms with Gasteiger partial charge < -0.3 is 5.32 Å². The number of anilines is 1. The lowest BCUT2D eigenvalue weighted by molar-refractivity contribution is -0.121. The molecule has 3 aromatic carbocycles. The van der Waals surface area contributed by atoms with Crippen molar-refractivity contribution in [3.63, 3.8) is 0 Å². The Morgan fingerprint density at radius 1 is 1.11 bits per heavy atom. The van der Waals surface area contributed by atoms with Crippen LogP contribution >= 0.6 is 23.4 Å². The first kappa shape index (κ1) is 24.2. The topological polar surface area (TPSA) is 74.1 Å². The summed E-state index contributed by atoms with van der Waals surface area (Å²) in [6.07, 6.45) is 0.519. The first-order chi connectivity index (χ1) is 17.4. The molecular weight excluding hydrogens is 499 g/mol. The molecule has 3 aromatic rings. The summed E-state index contributed by atoms with van der Waals surface area (Å²) < 4.78 is 13.6. The Morgan fingerprint density at radius 2 is 1.83 bits per heavy atom. The van der Waals surface area contributed by atoms with Crippen LogP contribution in [-0.2, 0) is 9.59 Å². The minimum Gasteiger partial charge on any atom is -0.325 e. The van der Waals surface area contributed by atoms with Gasteiger partial charge in [0, 0.05) is 12.8 Å². The van der Waals surface area contributed by atoms with E-state index in [1.807, 2.05) is 31.2 Å². The van der Waals surface area contributed by atoms with E-state index in [-0.39, 0.29) is 30.1 Å². The van der Waals surface area contributed by atoms with Crippen LogP contribution in [0.1, 0.15) is 35.6 Å². The second kappa shape index (κ2) is 10.2. The molecule has 0 bridgehead atoms. The van der Waals surface area contributed by atoms with Crippen LogP contribution in [0.15, 0.2) is 82.9 Å². The van der Waals surface area contributed by atoms with E-state index in [1.165, 1.54) is 23.9 Å². The fourth-order valence-corrected chi connectivity index (χ4v) is 5.33. The first-order valence-corrected chi connectivity index (χ1v) is 12.7. The van der Waals surface area contributed by atoms with Crippen molar-refractivity contribution in [3.05, 3.63) is 100 Å². The molecule has 2 amide bonds. The van der Waals surface area contributed by atoms with E-state index in [0.717, 1.165) is 22.4 Å². The number of aliphatic imine (C=N–C) groups is 1. The average Bonchev–Trinajstić information content (AvgIpc) is 3.45. The quantitative estimate of drug-likeness (QED) is 0.450. The highest BCUT2D eigenvalue weighted by Crippen LogP contribution is 2.38. The number of nitrogens with one attached hydrogen (secondary N) is 1. The molecule has 9 heteroatoms. The Labute approximate surface area is 217 Å². The van der Waals surface area contributed by atoms with E-state index in [9.17, 15) is 14.0 Å². The maximum absolute atomic E-state index is 13.6. The number of para-hydroxylation sites is 1. The highest BCUT2D eigenvalue weighted by atomic mass is 35.5. The van der Waals surface area contributed by atoms with Crippen molar-refractivity contribution >= 4 is 51.7 Å². The summed E-state index contributed by atoms with van der Waals surface area (Å²) in [6.45, 7) is 2.02. The third-order valence-electron chi connectivity index (χ3n) is 5.99. The van der Waals surface area contributed by atoms with Crippen LogP contribution in [0.25, 0.3) is 0 Å². The van der Waals surface area contributed by atoms with Crippen LogP contribution in [-0.4, -0.2) is 33.0 Å². The summed E-state index contributed by atoms with van der Waals surface area (Å²) in [5.41, 5.74) is 4.31. The average molecular weight is 521 g/mol. The molecule has 36 heavy (non-hydrogen) atoms. The number of aryl methyl sites for hydroxylation is 1. The summed E-state index contributed by atoms with van der Waals surface area (Å²) in [6, 6.07) is 21.0. The van der Waals surface area contributed by atoms with Gasteiger partial charge in [0.1, 0.15) is 11.1 Å². The molecule has 0 aromatic heterocycles. The summed E-state index contributed by atoms with van der Waals surface area (Å²) in [7, 11) is 0. The van der Waals surface area contributed by atoms with Gasteiger partial charge in [0.15, 0.2) is 5.17 Å². The van der Waals surface area contributed by atoms with Crippen LogP contribution in [0, 0.1) is 12.7 Å². The van der Waals surface area contributed by atoms with Crippen molar-refractivity contribution in [2.45, 2.75) is 31.1 Å². The number of halogens is 2. The maximum Gasteiger partial charge on any atom is 0.262 e. The number of amides is 2.